The summed E-state index contributed by atoms with van der Waals surface area (Å²) < 4.78 is 7.21. The number of aliphatic hydroxyl groups excluding tert-OH is 1. The average molecular weight is 408 g/mol. The first-order chi connectivity index (χ1) is 14.2. The number of morpholine rings is 1. The molecule has 2 N–H and O–H groups in total. The Morgan fingerprint density at radius 1 is 0.931 bits per heavy atom. The summed E-state index contributed by atoms with van der Waals surface area (Å²) in [5.41, 5.74) is 4.44. The second-order valence-electron chi connectivity index (χ2n) is 6.90. The fourth-order valence-electron chi connectivity index (χ4n) is 3.42. The first kappa shape index (κ1) is 18.3. The van der Waals surface area contributed by atoms with Crippen LogP contribution in [0, 0.1) is 0 Å². The number of hydrogen-bond acceptors (Lipinski definition) is 7. The highest BCUT2D eigenvalue weighted by Crippen LogP contribution is 2.30. The van der Waals surface area contributed by atoms with E-state index in [-0.39, 0.29) is 0 Å². The summed E-state index contributed by atoms with van der Waals surface area (Å²) in [5, 5.41) is 24.0. The van der Waals surface area contributed by atoms with Crippen molar-refractivity contribution in [2.24, 2.45) is 0 Å². The van der Waals surface area contributed by atoms with Gasteiger partial charge in [0.1, 0.15) is 5.01 Å². The maximum absolute atomic E-state index is 9.22. The molecule has 7 nitrogen and oxygen atoms in total. The molecule has 1 aliphatic heterocycles. The molecule has 3 heterocycles. The molecule has 0 saturated carbocycles. The molecule has 148 valence electrons. The first-order valence-electron chi connectivity index (χ1n) is 9.43. The second kappa shape index (κ2) is 7.57. The minimum absolute atomic E-state index is 0.454. The lowest BCUT2D eigenvalue weighted by Crippen LogP contribution is -2.36. The van der Waals surface area contributed by atoms with Gasteiger partial charge in [0, 0.05) is 35.5 Å². The standard InChI is InChI=1S/C21H20N4O3S/c26-20(27)16-3-1-14(2-4-16)18-13-25-21(22-18)29-19(23-25)15-5-7-17(8-6-15)24-9-11-28-12-10-24/h1-8,13,20,26-27H,9-12H2. The van der Waals surface area contributed by atoms with Crippen LogP contribution in [0.4, 0.5) is 5.69 Å². The summed E-state index contributed by atoms with van der Waals surface area (Å²) >= 11 is 1.54. The average Bonchev–Trinajstić information content (AvgIpc) is 3.34. The van der Waals surface area contributed by atoms with Crippen LogP contribution in [0.1, 0.15) is 11.9 Å². The molecule has 0 unspecified atom stereocenters. The van der Waals surface area contributed by atoms with Gasteiger partial charge in [-0.05, 0) is 24.3 Å². The van der Waals surface area contributed by atoms with Gasteiger partial charge in [-0.1, -0.05) is 35.6 Å². The molecule has 0 spiro atoms. The largest absolute Gasteiger partial charge is 0.378 e. The van der Waals surface area contributed by atoms with Gasteiger partial charge in [0.05, 0.1) is 25.1 Å². The Hall–Kier alpha value is -2.78. The number of rotatable bonds is 4. The summed E-state index contributed by atoms with van der Waals surface area (Å²) in [7, 11) is 0. The van der Waals surface area contributed by atoms with Gasteiger partial charge >= 0.3 is 0 Å². The predicted octanol–water partition coefficient (Wildman–Crippen LogP) is 2.94. The van der Waals surface area contributed by atoms with Crippen LogP contribution < -0.4 is 4.90 Å². The molecule has 2 aromatic carbocycles. The van der Waals surface area contributed by atoms with E-state index < -0.39 is 6.29 Å². The molecule has 1 saturated heterocycles. The van der Waals surface area contributed by atoms with Gasteiger partial charge in [0.25, 0.3) is 0 Å². The van der Waals surface area contributed by atoms with Crippen molar-refractivity contribution in [2.75, 3.05) is 31.2 Å². The van der Waals surface area contributed by atoms with Gasteiger partial charge in [-0.2, -0.15) is 5.10 Å². The zero-order valence-corrected chi connectivity index (χ0v) is 16.4. The van der Waals surface area contributed by atoms with E-state index in [1.54, 1.807) is 28.0 Å². The molecule has 2 aromatic heterocycles. The number of aromatic nitrogens is 3. The Labute approximate surface area is 171 Å². The molecule has 5 rings (SSSR count). The van der Waals surface area contributed by atoms with Crippen LogP contribution in [-0.4, -0.2) is 51.1 Å². The zero-order valence-electron chi connectivity index (χ0n) is 15.6. The summed E-state index contributed by atoms with van der Waals surface area (Å²) in [5.74, 6) is 0. The van der Waals surface area contributed by atoms with Crippen LogP contribution in [0.25, 0.3) is 26.8 Å². The van der Waals surface area contributed by atoms with E-state index in [1.807, 2.05) is 18.3 Å². The van der Waals surface area contributed by atoms with Crippen LogP contribution in [0.2, 0.25) is 0 Å². The molecule has 0 amide bonds. The molecule has 4 aromatic rings. The molecule has 8 heteroatoms. The third-order valence-corrected chi connectivity index (χ3v) is 6.01. The maximum atomic E-state index is 9.22. The van der Waals surface area contributed by atoms with Crippen molar-refractivity contribution in [3.8, 4) is 21.8 Å². The van der Waals surface area contributed by atoms with Gasteiger partial charge in [-0.3, -0.25) is 0 Å². The van der Waals surface area contributed by atoms with Crippen molar-refractivity contribution in [3.63, 3.8) is 0 Å². The maximum Gasteiger partial charge on any atom is 0.213 e. The molecular weight excluding hydrogens is 388 g/mol. The van der Waals surface area contributed by atoms with Crippen LogP contribution in [-0.2, 0) is 4.74 Å². The third-order valence-electron chi connectivity index (χ3n) is 5.04. The molecule has 1 aliphatic rings. The molecule has 1 fully saturated rings. The van der Waals surface area contributed by atoms with Crippen LogP contribution in [0.5, 0.6) is 0 Å². The number of imidazole rings is 1. The topological polar surface area (TPSA) is 83.1 Å². The third kappa shape index (κ3) is 3.63. The van der Waals surface area contributed by atoms with Crippen molar-refractivity contribution < 1.29 is 14.9 Å². The van der Waals surface area contributed by atoms with Gasteiger partial charge in [0.15, 0.2) is 6.29 Å². The minimum atomic E-state index is -1.46. The number of benzene rings is 2. The summed E-state index contributed by atoms with van der Waals surface area (Å²) in [4.78, 5) is 7.81. The lowest BCUT2D eigenvalue weighted by atomic mass is 10.1. The van der Waals surface area contributed by atoms with E-state index in [0.717, 1.165) is 53.1 Å². The van der Waals surface area contributed by atoms with Crippen molar-refractivity contribution >= 4 is 22.0 Å². The molecule has 0 radical (unpaired) electrons. The number of anilines is 1. The van der Waals surface area contributed by atoms with Crippen LogP contribution in [0.3, 0.4) is 0 Å². The fourth-order valence-corrected chi connectivity index (χ4v) is 4.30. The van der Waals surface area contributed by atoms with Crippen LogP contribution >= 0.6 is 11.3 Å². The summed E-state index contributed by atoms with van der Waals surface area (Å²) in [6.07, 6.45) is 0.426. The monoisotopic (exact) mass is 408 g/mol. The highest BCUT2D eigenvalue weighted by atomic mass is 32.1. The number of ether oxygens (including phenoxy) is 1. The number of fused-ring (bicyclic) bond motifs is 1. The first-order valence-corrected chi connectivity index (χ1v) is 10.2. The highest BCUT2D eigenvalue weighted by molar-refractivity contribution is 7.19. The summed E-state index contributed by atoms with van der Waals surface area (Å²) in [6, 6.07) is 15.5. The predicted molar refractivity (Wildman–Crippen MR) is 112 cm³/mol. The Balaban J connectivity index is 1.37. The van der Waals surface area contributed by atoms with Crippen molar-refractivity contribution in [2.45, 2.75) is 6.29 Å². The van der Waals surface area contributed by atoms with Gasteiger partial charge in [0.2, 0.25) is 4.96 Å². The van der Waals surface area contributed by atoms with E-state index in [2.05, 4.69) is 39.2 Å². The number of hydrogen-bond donors (Lipinski definition) is 2. The van der Waals surface area contributed by atoms with Gasteiger partial charge in [-0.25, -0.2) is 9.50 Å². The fraction of sp³-hybridized carbons (Fsp3) is 0.238. The Bertz CT molecular complexity index is 1080. The van der Waals surface area contributed by atoms with Crippen LogP contribution in [0.15, 0.2) is 54.7 Å². The Morgan fingerprint density at radius 3 is 2.28 bits per heavy atom. The molecular formula is C21H20N4O3S. The molecule has 0 atom stereocenters. The molecule has 0 aliphatic carbocycles. The van der Waals surface area contributed by atoms with E-state index in [1.165, 1.54) is 5.69 Å². The Kier molecular flexibility index (Phi) is 4.76. The zero-order chi connectivity index (χ0) is 19.8. The van der Waals surface area contributed by atoms with Crippen molar-refractivity contribution in [3.05, 3.63) is 60.3 Å². The molecule has 0 bridgehead atoms. The minimum Gasteiger partial charge on any atom is -0.378 e. The lowest BCUT2D eigenvalue weighted by molar-refractivity contribution is -0.0424. The van der Waals surface area contributed by atoms with E-state index in [0.29, 0.717) is 5.56 Å². The second-order valence-corrected chi connectivity index (χ2v) is 7.86. The number of nitrogens with zero attached hydrogens (tertiary/aromatic N) is 4. The van der Waals surface area contributed by atoms with Gasteiger partial charge < -0.3 is 19.8 Å². The SMILES string of the molecule is OC(O)c1ccc(-c2cn3nc(-c4ccc(N5CCOCC5)cc4)sc3n2)cc1. The van der Waals surface area contributed by atoms with E-state index >= 15 is 0 Å². The molecule has 29 heavy (non-hydrogen) atoms. The smallest absolute Gasteiger partial charge is 0.213 e. The highest BCUT2D eigenvalue weighted by Gasteiger charge is 2.14. The Morgan fingerprint density at radius 2 is 1.62 bits per heavy atom. The number of aliphatic hydroxyl groups is 2. The van der Waals surface area contributed by atoms with Gasteiger partial charge in [-0.15, -0.1) is 0 Å². The van der Waals surface area contributed by atoms with Crippen molar-refractivity contribution in [1.29, 1.82) is 0 Å². The van der Waals surface area contributed by atoms with Crippen molar-refractivity contribution in [1.82, 2.24) is 14.6 Å². The normalized spacial score (nSPS) is 14.8. The lowest BCUT2D eigenvalue weighted by Gasteiger charge is -2.28. The summed E-state index contributed by atoms with van der Waals surface area (Å²) in [6.45, 7) is 3.39. The van der Waals surface area contributed by atoms with E-state index in [9.17, 15) is 10.2 Å². The quantitative estimate of drug-likeness (QED) is 0.505. The van der Waals surface area contributed by atoms with E-state index in [4.69, 9.17) is 4.74 Å².